The van der Waals surface area contributed by atoms with Crippen LogP contribution in [0, 0.1) is 0 Å². The van der Waals surface area contributed by atoms with E-state index in [0.29, 0.717) is 0 Å². The zero-order valence-electron chi connectivity index (χ0n) is 7.12. The minimum Gasteiger partial charge on any atom is -0.300 e. The van der Waals surface area contributed by atoms with Crippen LogP contribution in [0.4, 0.5) is 0 Å². The highest BCUT2D eigenvalue weighted by molar-refractivity contribution is 7.98. The van der Waals surface area contributed by atoms with Gasteiger partial charge in [0.25, 0.3) is 0 Å². The molecular formula is C7H17N3S. The molecule has 1 fully saturated rings. The first-order chi connectivity index (χ1) is 5.33. The van der Waals surface area contributed by atoms with Gasteiger partial charge in [-0.2, -0.15) is 11.8 Å². The summed E-state index contributed by atoms with van der Waals surface area (Å²) >= 11 is 1.91. The van der Waals surface area contributed by atoms with Gasteiger partial charge >= 0.3 is 0 Å². The zero-order valence-corrected chi connectivity index (χ0v) is 7.94. The van der Waals surface area contributed by atoms with Gasteiger partial charge in [0.1, 0.15) is 0 Å². The fourth-order valence-electron chi connectivity index (χ4n) is 1.21. The molecule has 0 saturated carbocycles. The van der Waals surface area contributed by atoms with Gasteiger partial charge in [-0.15, -0.1) is 0 Å². The van der Waals surface area contributed by atoms with E-state index in [2.05, 4.69) is 11.2 Å². The lowest BCUT2D eigenvalue weighted by molar-refractivity contribution is 0.140. The highest BCUT2D eigenvalue weighted by Crippen LogP contribution is 1.99. The molecule has 1 rings (SSSR count). The lowest BCUT2D eigenvalue weighted by Crippen LogP contribution is -2.49. The van der Waals surface area contributed by atoms with Crippen molar-refractivity contribution in [3.63, 3.8) is 0 Å². The molecule has 0 radical (unpaired) electrons. The van der Waals surface area contributed by atoms with Gasteiger partial charge in [0.2, 0.25) is 0 Å². The second-order valence-electron chi connectivity index (χ2n) is 2.87. The van der Waals surface area contributed by atoms with Crippen LogP contribution in [0.3, 0.4) is 0 Å². The zero-order chi connectivity index (χ0) is 8.10. The van der Waals surface area contributed by atoms with E-state index in [1.54, 1.807) is 0 Å². The van der Waals surface area contributed by atoms with Gasteiger partial charge < -0.3 is 0 Å². The number of piperazine rings is 1. The molecule has 0 bridgehead atoms. The average Bonchev–Trinajstić information content (AvgIpc) is 2.04. The van der Waals surface area contributed by atoms with Crippen LogP contribution in [0.5, 0.6) is 0 Å². The van der Waals surface area contributed by atoms with Crippen LogP contribution < -0.4 is 5.84 Å². The first kappa shape index (κ1) is 9.32. The van der Waals surface area contributed by atoms with Crippen LogP contribution in [0.15, 0.2) is 0 Å². The number of hydrogen-bond donors (Lipinski definition) is 1. The maximum atomic E-state index is 5.63. The molecule has 0 aliphatic carbocycles. The second-order valence-corrected chi connectivity index (χ2v) is 3.86. The molecule has 11 heavy (non-hydrogen) atoms. The third-order valence-electron chi connectivity index (χ3n) is 2.02. The summed E-state index contributed by atoms with van der Waals surface area (Å²) in [5.74, 6) is 6.87. The Labute approximate surface area is 72.9 Å². The number of rotatable bonds is 3. The molecule has 0 aromatic heterocycles. The minimum absolute atomic E-state index is 1.02. The number of thioether (sulfide) groups is 1. The maximum absolute atomic E-state index is 5.63. The molecule has 1 heterocycles. The van der Waals surface area contributed by atoms with Crippen molar-refractivity contribution in [2.45, 2.75) is 0 Å². The Morgan fingerprint density at radius 2 is 1.91 bits per heavy atom. The van der Waals surface area contributed by atoms with Crippen molar-refractivity contribution in [2.75, 3.05) is 44.7 Å². The summed E-state index contributed by atoms with van der Waals surface area (Å²) in [6, 6.07) is 0. The second kappa shape index (κ2) is 4.98. The van der Waals surface area contributed by atoms with Crippen molar-refractivity contribution in [2.24, 2.45) is 5.84 Å². The van der Waals surface area contributed by atoms with Gasteiger partial charge in [0.15, 0.2) is 0 Å². The molecule has 4 heteroatoms. The summed E-state index contributed by atoms with van der Waals surface area (Å²) in [5.41, 5.74) is 0. The van der Waals surface area contributed by atoms with E-state index in [1.165, 1.54) is 12.3 Å². The Kier molecular flexibility index (Phi) is 4.22. The monoisotopic (exact) mass is 175 g/mol. The van der Waals surface area contributed by atoms with Crippen LogP contribution in [-0.4, -0.2) is 54.6 Å². The highest BCUT2D eigenvalue weighted by atomic mass is 32.2. The van der Waals surface area contributed by atoms with Gasteiger partial charge in [-0.25, -0.2) is 5.01 Å². The molecule has 0 amide bonds. The number of nitrogens with two attached hydrogens (primary N) is 1. The lowest BCUT2D eigenvalue weighted by Gasteiger charge is -2.31. The number of hydrazine groups is 1. The summed E-state index contributed by atoms with van der Waals surface area (Å²) < 4.78 is 0. The Balaban J connectivity index is 2.07. The molecule has 0 spiro atoms. The van der Waals surface area contributed by atoms with Crippen molar-refractivity contribution in [1.82, 2.24) is 9.91 Å². The van der Waals surface area contributed by atoms with Crippen LogP contribution in [0.25, 0.3) is 0 Å². The molecule has 66 valence electrons. The minimum atomic E-state index is 1.02. The summed E-state index contributed by atoms with van der Waals surface area (Å²) in [7, 11) is 0. The van der Waals surface area contributed by atoms with Gasteiger partial charge in [0.05, 0.1) is 0 Å². The highest BCUT2D eigenvalue weighted by Gasteiger charge is 2.12. The van der Waals surface area contributed by atoms with Gasteiger partial charge in [0, 0.05) is 38.5 Å². The van der Waals surface area contributed by atoms with Crippen LogP contribution in [0.1, 0.15) is 0 Å². The lowest BCUT2D eigenvalue weighted by atomic mass is 10.3. The van der Waals surface area contributed by atoms with Gasteiger partial charge in [-0.1, -0.05) is 0 Å². The van der Waals surface area contributed by atoms with Crippen molar-refractivity contribution in [3.8, 4) is 0 Å². The molecule has 1 saturated heterocycles. The smallest absolute Gasteiger partial charge is 0.0257 e. The van der Waals surface area contributed by atoms with Crippen molar-refractivity contribution < 1.29 is 0 Å². The molecule has 2 N–H and O–H groups in total. The fourth-order valence-corrected chi connectivity index (χ4v) is 1.65. The standard InChI is InChI=1S/C7H17N3S/c1-11-7-6-9-2-4-10(8)5-3-9/h2-8H2,1H3. The fraction of sp³-hybridized carbons (Fsp3) is 1.00. The summed E-state index contributed by atoms with van der Waals surface area (Å²) in [6.07, 6.45) is 2.15. The molecule has 1 aliphatic heterocycles. The Bertz CT molecular complexity index is 99.1. The maximum Gasteiger partial charge on any atom is 0.0257 e. The third kappa shape index (κ3) is 3.42. The van der Waals surface area contributed by atoms with Crippen LogP contribution >= 0.6 is 11.8 Å². The average molecular weight is 175 g/mol. The van der Waals surface area contributed by atoms with E-state index >= 15 is 0 Å². The Hall–Kier alpha value is 0.230. The normalized spacial score (nSPS) is 22.4. The van der Waals surface area contributed by atoms with E-state index in [1.807, 2.05) is 16.8 Å². The third-order valence-corrected chi connectivity index (χ3v) is 2.61. The largest absolute Gasteiger partial charge is 0.300 e. The molecule has 3 nitrogen and oxygen atoms in total. The van der Waals surface area contributed by atoms with E-state index < -0.39 is 0 Å². The first-order valence-corrected chi connectivity index (χ1v) is 5.43. The molecule has 1 aliphatic rings. The Morgan fingerprint density at radius 3 is 2.45 bits per heavy atom. The predicted molar refractivity (Wildman–Crippen MR) is 50.6 cm³/mol. The SMILES string of the molecule is CSCCN1CCN(N)CC1. The predicted octanol–water partition coefficient (Wildman–Crippen LogP) is -0.159. The van der Waals surface area contributed by atoms with E-state index in [4.69, 9.17) is 5.84 Å². The van der Waals surface area contributed by atoms with E-state index in [0.717, 1.165) is 26.2 Å². The molecule has 0 atom stereocenters. The van der Waals surface area contributed by atoms with Crippen LogP contribution in [-0.2, 0) is 0 Å². The quantitative estimate of drug-likeness (QED) is 0.604. The molecule has 0 aromatic carbocycles. The molecule has 0 unspecified atom stereocenters. The molecular weight excluding hydrogens is 158 g/mol. The number of hydrogen-bond acceptors (Lipinski definition) is 4. The summed E-state index contributed by atoms with van der Waals surface area (Å²) in [6.45, 7) is 5.53. The topological polar surface area (TPSA) is 32.5 Å². The van der Waals surface area contributed by atoms with Crippen molar-refractivity contribution >= 4 is 11.8 Å². The molecule has 0 aromatic rings. The number of nitrogens with zero attached hydrogens (tertiary/aromatic N) is 2. The van der Waals surface area contributed by atoms with Crippen molar-refractivity contribution in [3.05, 3.63) is 0 Å². The van der Waals surface area contributed by atoms with Gasteiger partial charge in [-0.05, 0) is 6.26 Å². The van der Waals surface area contributed by atoms with E-state index in [-0.39, 0.29) is 0 Å². The van der Waals surface area contributed by atoms with Crippen molar-refractivity contribution in [1.29, 1.82) is 0 Å². The van der Waals surface area contributed by atoms with E-state index in [9.17, 15) is 0 Å². The van der Waals surface area contributed by atoms with Crippen LogP contribution in [0.2, 0.25) is 0 Å². The summed E-state index contributed by atoms with van der Waals surface area (Å²) in [5, 5.41) is 1.90. The van der Waals surface area contributed by atoms with Gasteiger partial charge in [-0.3, -0.25) is 10.7 Å². The Morgan fingerprint density at radius 1 is 1.27 bits per heavy atom. The summed E-state index contributed by atoms with van der Waals surface area (Å²) in [4.78, 5) is 2.47. The first-order valence-electron chi connectivity index (χ1n) is 4.04.